The molecule has 2 aromatic heterocycles. The predicted octanol–water partition coefficient (Wildman–Crippen LogP) is 6.48. The average molecular weight is 419 g/mol. The normalized spacial score (nSPS) is 11.5. The molecule has 3 nitrogen and oxygen atoms in total. The minimum atomic E-state index is 0.00217. The molecule has 31 heavy (non-hydrogen) atoms. The molecular formula is C27H18N2OS. The smallest absolute Gasteiger partial charge is 0.263 e. The summed E-state index contributed by atoms with van der Waals surface area (Å²) in [7, 11) is 0. The van der Waals surface area contributed by atoms with Crippen molar-refractivity contribution in [2.24, 2.45) is 0 Å². The van der Waals surface area contributed by atoms with Gasteiger partial charge in [-0.05, 0) is 38.7 Å². The molecule has 0 unspecified atom stereocenters. The van der Waals surface area contributed by atoms with Crippen LogP contribution in [0.15, 0.2) is 101 Å². The van der Waals surface area contributed by atoms with Crippen LogP contribution in [0.1, 0.15) is 5.56 Å². The first kappa shape index (κ1) is 18.0. The third-order valence-electron chi connectivity index (χ3n) is 5.84. The highest BCUT2D eigenvalue weighted by atomic mass is 32.1. The number of rotatable bonds is 3. The zero-order valence-corrected chi connectivity index (χ0v) is 17.5. The lowest BCUT2D eigenvalue weighted by molar-refractivity contribution is 0.754. The van der Waals surface area contributed by atoms with Crippen LogP contribution in [0.3, 0.4) is 0 Å². The van der Waals surface area contributed by atoms with Crippen molar-refractivity contribution >= 4 is 43.1 Å². The molecule has 0 aliphatic heterocycles. The lowest BCUT2D eigenvalue weighted by Gasteiger charge is -2.09. The first-order valence-corrected chi connectivity index (χ1v) is 11.1. The largest absolute Gasteiger partial charge is 0.294 e. The minimum absolute atomic E-state index is 0.00217. The zero-order chi connectivity index (χ0) is 20.8. The van der Waals surface area contributed by atoms with E-state index < -0.39 is 0 Å². The summed E-state index contributed by atoms with van der Waals surface area (Å²) < 4.78 is 1.72. The molecule has 6 rings (SSSR count). The van der Waals surface area contributed by atoms with Crippen LogP contribution in [0.2, 0.25) is 0 Å². The Kier molecular flexibility index (Phi) is 4.18. The number of hydrogen-bond acceptors (Lipinski definition) is 3. The molecule has 6 aromatic rings. The van der Waals surface area contributed by atoms with Gasteiger partial charge in [-0.1, -0.05) is 78.9 Å². The Morgan fingerprint density at radius 2 is 1.58 bits per heavy atom. The highest BCUT2D eigenvalue weighted by Gasteiger charge is 2.14. The number of benzene rings is 4. The highest BCUT2D eigenvalue weighted by Crippen LogP contribution is 2.32. The molecule has 0 radical (unpaired) electrons. The monoisotopic (exact) mass is 418 g/mol. The zero-order valence-electron chi connectivity index (χ0n) is 16.7. The second-order valence-electron chi connectivity index (χ2n) is 7.71. The summed E-state index contributed by atoms with van der Waals surface area (Å²) in [6.07, 6.45) is 1.67. The van der Waals surface area contributed by atoms with Crippen LogP contribution in [-0.4, -0.2) is 9.55 Å². The Bertz CT molecular complexity index is 1640. The first-order valence-electron chi connectivity index (χ1n) is 10.2. The van der Waals surface area contributed by atoms with E-state index in [4.69, 9.17) is 0 Å². The summed E-state index contributed by atoms with van der Waals surface area (Å²) in [4.78, 5) is 18.9. The molecule has 0 bridgehead atoms. The number of thiophene rings is 1. The van der Waals surface area contributed by atoms with Gasteiger partial charge in [-0.15, -0.1) is 11.3 Å². The maximum Gasteiger partial charge on any atom is 0.263 e. The van der Waals surface area contributed by atoms with Crippen LogP contribution >= 0.6 is 11.3 Å². The van der Waals surface area contributed by atoms with Gasteiger partial charge in [0.1, 0.15) is 4.83 Å². The molecule has 0 amide bonds. The molecule has 0 saturated carbocycles. The van der Waals surface area contributed by atoms with Gasteiger partial charge in [0.05, 0.1) is 18.3 Å². The summed E-state index contributed by atoms with van der Waals surface area (Å²) in [6, 6.07) is 29.1. The average Bonchev–Trinajstić information content (AvgIpc) is 3.26. The molecule has 0 aliphatic carbocycles. The first-order chi connectivity index (χ1) is 15.3. The lowest BCUT2D eigenvalue weighted by Crippen LogP contribution is -2.21. The SMILES string of the molecule is O=c1c2c(-c3ccc4ccccc4c3)csc2ncn1Cc1cccc2ccccc12. The third-order valence-corrected chi connectivity index (χ3v) is 6.73. The molecule has 0 fully saturated rings. The highest BCUT2D eigenvalue weighted by molar-refractivity contribution is 7.17. The van der Waals surface area contributed by atoms with Gasteiger partial charge in [-0.25, -0.2) is 4.98 Å². The molecule has 148 valence electrons. The number of nitrogens with zero attached hydrogens (tertiary/aromatic N) is 2. The van der Waals surface area contributed by atoms with Gasteiger partial charge in [0, 0.05) is 10.9 Å². The molecule has 4 aromatic carbocycles. The van der Waals surface area contributed by atoms with E-state index in [1.165, 1.54) is 27.5 Å². The number of hydrogen-bond donors (Lipinski definition) is 0. The Balaban J connectivity index is 1.50. The molecule has 0 saturated heterocycles. The topological polar surface area (TPSA) is 34.9 Å². The van der Waals surface area contributed by atoms with Crippen LogP contribution in [-0.2, 0) is 6.54 Å². The summed E-state index contributed by atoms with van der Waals surface area (Å²) in [5.74, 6) is 0. The Morgan fingerprint density at radius 1 is 0.806 bits per heavy atom. The summed E-state index contributed by atoms with van der Waals surface area (Å²) >= 11 is 1.52. The fourth-order valence-corrected chi connectivity index (χ4v) is 5.17. The lowest BCUT2D eigenvalue weighted by atomic mass is 10.0. The van der Waals surface area contributed by atoms with Gasteiger partial charge in [0.15, 0.2) is 0 Å². The van der Waals surface area contributed by atoms with E-state index in [1.807, 2.05) is 35.7 Å². The van der Waals surface area contributed by atoms with Crippen molar-refractivity contribution in [3.05, 3.63) is 113 Å². The molecule has 0 atom stereocenters. The Morgan fingerprint density at radius 3 is 2.48 bits per heavy atom. The van der Waals surface area contributed by atoms with Gasteiger partial charge in [-0.2, -0.15) is 0 Å². The fourth-order valence-electron chi connectivity index (χ4n) is 4.26. The van der Waals surface area contributed by atoms with Crippen molar-refractivity contribution in [2.45, 2.75) is 6.54 Å². The maximum atomic E-state index is 13.5. The fraction of sp³-hybridized carbons (Fsp3) is 0.0370. The van der Waals surface area contributed by atoms with E-state index in [-0.39, 0.29) is 5.56 Å². The van der Waals surface area contributed by atoms with E-state index in [0.29, 0.717) is 11.9 Å². The van der Waals surface area contributed by atoms with E-state index >= 15 is 0 Å². The minimum Gasteiger partial charge on any atom is -0.294 e. The second-order valence-corrected chi connectivity index (χ2v) is 8.57. The van der Waals surface area contributed by atoms with Crippen molar-refractivity contribution in [2.75, 3.05) is 0 Å². The van der Waals surface area contributed by atoms with Crippen LogP contribution in [0, 0.1) is 0 Å². The van der Waals surface area contributed by atoms with Crippen LogP contribution < -0.4 is 5.56 Å². The molecule has 0 N–H and O–H groups in total. The summed E-state index contributed by atoms with van der Waals surface area (Å²) in [5.41, 5.74) is 3.12. The Labute approximate surface area is 182 Å². The van der Waals surface area contributed by atoms with Crippen LogP contribution in [0.5, 0.6) is 0 Å². The second kappa shape index (κ2) is 7.18. The van der Waals surface area contributed by atoms with Crippen molar-refractivity contribution in [3.63, 3.8) is 0 Å². The van der Waals surface area contributed by atoms with Crippen molar-refractivity contribution in [1.29, 1.82) is 0 Å². The van der Waals surface area contributed by atoms with E-state index in [2.05, 4.69) is 59.6 Å². The van der Waals surface area contributed by atoms with Gasteiger partial charge < -0.3 is 0 Å². The molecule has 0 spiro atoms. The standard InChI is InChI=1S/C27H18N2OS/c30-27-25-24(21-13-12-18-6-1-2-8-20(18)14-21)16-31-26(25)28-17-29(27)15-22-10-5-9-19-7-3-4-11-23(19)22/h1-14,16-17H,15H2. The van der Waals surface area contributed by atoms with E-state index in [1.54, 1.807) is 10.9 Å². The molecule has 4 heteroatoms. The van der Waals surface area contributed by atoms with Crippen molar-refractivity contribution < 1.29 is 0 Å². The summed E-state index contributed by atoms with van der Waals surface area (Å²) in [5, 5.41) is 7.44. The molecular weight excluding hydrogens is 400 g/mol. The molecule has 2 heterocycles. The van der Waals surface area contributed by atoms with Crippen LogP contribution in [0.4, 0.5) is 0 Å². The number of aromatic nitrogens is 2. The summed E-state index contributed by atoms with van der Waals surface area (Å²) in [6.45, 7) is 0.496. The van der Waals surface area contributed by atoms with Crippen LogP contribution in [0.25, 0.3) is 42.9 Å². The van der Waals surface area contributed by atoms with Gasteiger partial charge in [0.25, 0.3) is 5.56 Å². The van der Waals surface area contributed by atoms with E-state index in [0.717, 1.165) is 26.9 Å². The molecule has 0 aliphatic rings. The quantitative estimate of drug-likeness (QED) is 0.330. The van der Waals surface area contributed by atoms with E-state index in [9.17, 15) is 4.79 Å². The predicted molar refractivity (Wildman–Crippen MR) is 130 cm³/mol. The maximum absolute atomic E-state index is 13.5. The van der Waals surface area contributed by atoms with Gasteiger partial charge in [-0.3, -0.25) is 9.36 Å². The third kappa shape index (κ3) is 3.04. The number of fused-ring (bicyclic) bond motifs is 3. The van der Waals surface area contributed by atoms with Gasteiger partial charge in [0.2, 0.25) is 0 Å². The van der Waals surface area contributed by atoms with Gasteiger partial charge >= 0.3 is 0 Å². The van der Waals surface area contributed by atoms with Crippen molar-refractivity contribution in [3.8, 4) is 11.1 Å². The van der Waals surface area contributed by atoms with Crippen molar-refractivity contribution in [1.82, 2.24) is 9.55 Å². The Hall–Kier alpha value is -3.76.